The fourth-order valence-electron chi connectivity index (χ4n) is 4.16. The standard InChI is InChI=1S/C21H29N5O/c27-20(9-8-16-10-12-22-13-11-16)23-18-6-4-5-17(15-18)21-25-24-19-7-2-1-3-14-26(19)21/h4-6,15-16,22H,1-3,7-14H2,(H,23,27). The Morgan fingerprint density at radius 1 is 1.19 bits per heavy atom. The quantitative estimate of drug-likeness (QED) is 0.850. The Bertz CT molecular complexity index is 779. The molecule has 0 radical (unpaired) electrons. The lowest BCUT2D eigenvalue weighted by Crippen LogP contribution is -2.28. The smallest absolute Gasteiger partial charge is 0.224 e. The Kier molecular flexibility index (Phi) is 5.82. The Hall–Kier alpha value is -2.21. The van der Waals surface area contributed by atoms with Crippen molar-refractivity contribution in [3.8, 4) is 11.4 Å². The van der Waals surface area contributed by atoms with E-state index < -0.39 is 0 Å². The van der Waals surface area contributed by atoms with E-state index in [1.807, 2.05) is 24.3 Å². The second-order valence-corrected chi connectivity index (χ2v) is 7.76. The largest absolute Gasteiger partial charge is 0.326 e. The molecule has 0 unspecified atom stereocenters. The highest BCUT2D eigenvalue weighted by atomic mass is 16.1. The Morgan fingerprint density at radius 2 is 2.07 bits per heavy atom. The zero-order chi connectivity index (χ0) is 18.5. The number of hydrogen-bond donors (Lipinski definition) is 2. The first-order valence-electron chi connectivity index (χ1n) is 10.3. The Labute approximate surface area is 160 Å². The SMILES string of the molecule is O=C(CCC1CCNCC1)Nc1cccc(-c2nnc3n2CCCCC3)c1. The van der Waals surface area contributed by atoms with Crippen molar-refractivity contribution in [2.75, 3.05) is 18.4 Å². The number of benzene rings is 1. The van der Waals surface area contributed by atoms with E-state index in [0.717, 1.165) is 55.4 Å². The molecule has 0 saturated carbocycles. The second kappa shape index (κ2) is 8.65. The molecule has 6 nitrogen and oxygen atoms in total. The first-order chi connectivity index (χ1) is 13.3. The van der Waals surface area contributed by atoms with E-state index in [-0.39, 0.29) is 5.91 Å². The molecule has 2 aliphatic rings. The van der Waals surface area contributed by atoms with Gasteiger partial charge in [0.2, 0.25) is 5.91 Å². The summed E-state index contributed by atoms with van der Waals surface area (Å²) in [5.74, 6) is 2.78. The van der Waals surface area contributed by atoms with Gasteiger partial charge in [-0.25, -0.2) is 0 Å². The van der Waals surface area contributed by atoms with Gasteiger partial charge in [-0.15, -0.1) is 10.2 Å². The zero-order valence-corrected chi connectivity index (χ0v) is 15.9. The van der Waals surface area contributed by atoms with Crippen molar-refractivity contribution in [3.05, 3.63) is 30.1 Å². The van der Waals surface area contributed by atoms with Gasteiger partial charge in [0.25, 0.3) is 0 Å². The number of nitrogens with one attached hydrogen (secondary N) is 2. The number of amides is 1. The van der Waals surface area contributed by atoms with E-state index in [1.165, 1.54) is 32.1 Å². The summed E-state index contributed by atoms with van der Waals surface area (Å²) in [4.78, 5) is 12.4. The normalized spacial score (nSPS) is 17.9. The van der Waals surface area contributed by atoms with Crippen LogP contribution in [0.25, 0.3) is 11.4 Å². The van der Waals surface area contributed by atoms with Gasteiger partial charge in [0.15, 0.2) is 5.82 Å². The number of anilines is 1. The number of aromatic nitrogens is 3. The Balaban J connectivity index is 1.40. The molecule has 2 aliphatic heterocycles. The minimum atomic E-state index is 0.103. The number of aryl methyl sites for hydroxylation is 1. The molecule has 144 valence electrons. The molecule has 27 heavy (non-hydrogen) atoms. The van der Waals surface area contributed by atoms with Crippen molar-refractivity contribution in [3.63, 3.8) is 0 Å². The van der Waals surface area contributed by atoms with Crippen molar-refractivity contribution in [2.45, 2.75) is 57.9 Å². The van der Waals surface area contributed by atoms with Gasteiger partial charge in [-0.05, 0) is 63.2 Å². The lowest BCUT2D eigenvalue weighted by Gasteiger charge is -2.22. The van der Waals surface area contributed by atoms with Gasteiger partial charge in [0, 0.05) is 30.6 Å². The van der Waals surface area contributed by atoms with Crippen LogP contribution in [0.1, 0.15) is 50.8 Å². The molecule has 1 fully saturated rings. The number of carbonyl (C=O) groups is 1. The monoisotopic (exact) mass is 367 g/mol. The Morgan fingerprint density at radius 3 is 2.96 bits per heavy atom. The number of hydrogen-bond acceptors (Lipinski definition) is 4. The van der Waals surface area contributed by atoms with Crippen LogP contribution >= 0.6 is 0 Å². The van der Waals surface area contributed by atoms with Crippen LogP contribution in [0.4, 0.5) is 5.69 Å². The molecule has 1 amide bonds. The van der Waals surface area contributed by atoms with Crippen molar-refractivity contribution >= 4 is 11.6 Å². The minimum absolute atomic E-state index is 0.103. The van der Waals surface area contributed by atoms with E-state index in [1.54, 1.807) is 0 Å². The third-order valence-corrected chi connectivity index (χ3v) is 5.75. The molecule has 1 saturated heterocycles. The maximum absolute atomic E-state index is 12.4. The summed E-state index contributed by atoms with van der Waals surface area (Å²) >= 11 is 0. The van der Waals surface area contributed by atoms with Crippen LogP contribution in [0, 0.1) is 5.92 Å². The van der Waals surface area contributed by atoms with Gasteiger partial charge in [-0.1, -0.05) is 18.6 Å². The van der Waals surface area contributed by atoms with Crippen LogP contribution in [0.3, 0.4) is 0 Å². The summed E-state index contributed by atoms with van der Waals surface area (Å²) in [5, 5.41) is 15.2. The van der Waals surface area contributed by atoms with Gasteiger partial charge >= 0.3 is 0 Å². The molecule has 6 heteroatoms. The van der Waals surface area contributed by atoms with Crippen LogP contribution in [0.5, 0.6) is 0 Å². The molecule has 1 aromatic carbocycles. The zero-order valence-electron chi connectivity index (χ0n) is 15.9. The molecule has 1 aromatic heterocycles. The fourth-order valence-corrected chi connectivity index (χ4v) is 4.16. The predicted octanol–water partition coefficient (Wildman–Crippen LogP) is 3.39. The van der Waals surface area contributed by atoms with Gasteiger partial charge < -0.3 is 15.2 Å². The predicted molar refractivity (Wildman–Crippen MR) is 106 cm³/mol. The minimum Gasteiger partial charge on any atom is -0.326 e. The number of fused-ring (bicyclic) bond motifs is 1. The van der Waals surface area contributed by atoms with E-state index in [0.29, 0.717) is 12.3 Å². The van der Waals surface area contributed by atoms with E-state index in [9.17, 15) is 4.79 Å². The number of nitrogens with zero attached hydrogens (tertiary/aromatic N) is 3. The number of rotatable bonds is 5. The third kappa shape index (κ3) is 4.56. The summed E-state index contributed by atoms with van der Waals surface area (Å²) in [7, 11) is 0. The van der Waals surface area contributed by atoms with Crippen molar-refractivity contribution in [2.24, 2.45) is 5.92 Å². The molecule has 0 aliphatic carbocycles. The second-order valence-electron chi connectivity index (χ2n) is 7.76. The van der Waals surface area contributed by atoms with Crippen LogP contribution in [0.15, 0.2) is 24.3 Å². The average molecular weight is 367 g/mol. The molecule has 3 heterocycles. The van der Waals surface area contributed by atoms with Gasteiger partial charge in [0.05, 0.1) is 0 Å². The summed E-state index contributed by atoms with van der Waals surface area (Å²) < 4.78 is 2.24. The number of piperidine rings is 1. The fraction of sp³-hybridized carbons (Fsp3) is 0.571. The van der Waals surface area contributed by atoms with Crippen LogP contribution in [-0.2, 0) is 17.8 Å². The van der Waals surface area contributed by atoms with E-state index in [4.69, 9.17) is 0 Å². The van der Waals surface area contributed by atoms with Gasteiger partial charge in [-0.3, -0.25) is 4.79 Å². The van der Waals surface area contributed by atoms with Crippen LogP contribution < -0.4 is 10.6 Å². The van der Waals surface area contributed by atoms with Gasteiger partial charge in [-0.2, -0.15) is 0 Å². The summed E-state index contributed by atoms with van der Waals surface area (Å²) in [6.07, 6.45) is 8.54. The molecule has 0 atom stereocenters. The third-order valence-electron chi connectivity index (χ3n) is 5.75. The summed E-state index contributed by atoms with van der Waals surface area (Å²) in [6, 6.07) is 8.00. The lowest BCUT2D eigenvalue weighted by atomic mass is 9.93. The highest BCUT2D eigenvalue weighted by Gasteiger charge is 2.17. The van der Waals surface area contributed by atoms with E-state index >= 15 is 0 Å². The topological polar surface area (TPSA) is 71.8 Å². The maximum Gasteiger partial charge on any atom is 0.224 e. The van der Waals surface area contributed by atoms with Crippen LogP contribution in [-0.4, -0.2) is 33.8 Å². The van der Waals surface area contributed by atoms with Crippen molar-refractivity contribution in [1.82, 2.24) is 20.1 Å². The first-order valence-corrected chi connectivity index (χ1v) is 10.3. The number of carbonyl (C=O) groups excluding carboxylic acids is 1. The lowest BCUT2D eigenvalue weighted by molar-refractivity contribution is -0.116. The summed E-state index contributed by atoms with van der Waals surface area (Å²) in [5.41, 5.74) is 1.86. The van der Waals surface area contributed by atoms with Crippen LogP contribution in [0.2, 0.25) is 0 Å². The van der Waals surface area contributed by atoms with Crippen molar-refractivity contribution < 1.29 is 4.79 Å². The molecular weight excluding hydrogens is 338 g/mol. The van der Waals surface area contributed by atoms with E-state index in [2.05, 4.69) is 25.4 Å². The average Bonchev–Trinajstić information content (AvgIpc) is 2.96. The maximum atomic E-state index is 12.4. The molecular formula is C21H29N5O. The first kappa shape index (κ1) is 18.2. The molecule has 2 aromatic rings. The van der Waals surface area contributed by atoms with Crippen molar-refractivity contribution in [1.29, 1.82) is 0 Å². The highest BCUT2D eigenvalue weighted by molar-refractivity contribution is 5.91. The summed E-state index contributed by atoms with van der Waals surface area (Å²) in [6.45, 7) is 3.14. The van der Waals surface area contributed by atoms with Gasteiger partial charge in [0.1, 0.15) is 5.82 Å². The molecule has 0 bridgehead atoms. The molecule has 2 N–H and O–H groups in total. The molecule has 0 spiro atoms. The highest BCUT2D eigenvalue weighted by Crippen LogP contribution is 2.25. The molecule has 4 rings (SSSR count).